The van der Waals surface area contributed by atoms with Crippen molar-refractivity contribution in [1.82, 2.24) is 0 Å². The zero-order valence-corrected chi connectivity index (χ0v) is 14.9. The Labute approximate surface area is 154 Å². The summed E-state index contributed by atoms with van der Waals surface area (Å²) in [5.74, 6) is -0.895. The molecular weight excluding hydrogens is 378 g/mol. The number of hydrogen-bond donors (Lipinski definition) is 2. The maximum Gasteiger partial charge on any atom is 0.340 e. The van der Waals surface area contributed by atoms with E-state index in [4.69, 9.17) is 22.1 Å². The third-order valence-electron chi connectivity index (χ3n) is 3.82. The number of rotatable bonds is 4. The summed E-state index contributed by atoms with van der Waals surface area (Å²) in [6.07, 6.45) is 0. The molecule has 3 aromatic rings. The molecule has 0 aliphatic carbocycles. The maximum absolute atomic E-state index is 12.6. The minimum atomic E-state index is -4.65. The minimum Gasteiger partial charge on any atom is -0.457 e. The molecule has 0 aromatic heterocycles. The van der Waals surface area contributed by atoms with E-state index in [-0.39, 0.29) is 28.3 Å². The van der Waals surface area contributed by atoms with Crippen molar-refractivity contribution in [3.63, 3.8) is 0 Å². The fourth-order valence-electron chi connectivity index (χ4n) is 2.59. The molecule has 0 spiro atoms. The normalized spacial score (nSPS) is 11.5. The number of nitrogen functional groups attached to an aromatic ring is 1. The van der Waals surface area contributed by atoms with Crippen molar-refractivity contribution in [2.45, 2.75) is 11.5 Å². The summed E-state index contributed by atoms with van der Waals surface area (Å²) >= 11 is 6.15. The molecule has 26 heavy (non-hydrogen) atoms. The molecule has 6 nitrogen and oxygen atoms in total. The van der Waals surface area contributed by atoms with Gasteiger partial charge < -0.3 is 10.5 Å². The average molecular weight is 392 g/mol. The van der Waals surface area contributed by atoms with Crippen LogP contribution in [0.25, 0.3) is 10.8 Å². The van der Waals surface area contributed by atoms with Crippen molar-refractivity contribution in [2.24, 2.45) is 0 Å². The van der Waals surface area contributed by atoms with Gasteiger partial charge in [0.1, 0.15) is 11.5 Å². The van der Waals surface area contributed by atoms with E-state index in [1.54, 1.807) is 24.3 Å². The van der Waals surface area contributed by atoms with Crippen LogP contribution in [0.4, 0.5) is 5.69 Å². The highest BCUT2D eigenvalue weighted by Gasteiger charge is 2.25. The van der Waals surface area contributed by atoms with E-state index in [9.17, 15) is 17.8 Å². The Hall–Kier alpha value is -2.61. The van der Waals surface area contributed by atoms with Gasteiger partial charge in [-0.3, -0.25) is 4.55 Å². The monoisotopic (exact) mass is 391 g/mol. The summed E-state index contributed by atoms with van der Waals surface area (Å²) < 4.78 is 38.2. The molecule has 0 bridgehead atoms. The maximum atomic E-state index is 12.6. The lowest BCUT2D eigenvalue weighted by atomic mass is 10.0. The highest BCUT2D eigenvalue weighted by atomic mass is 35.5. The van der Waals surface area contributed by atoms with E-state index in [2.05, 4.69) is 0 Å². The Bertz CT molecular complexity index is 1100. The van der Waals surface area contributed by atoms with E-state index in [0.29, 0.717) is 5.39 Å². The van der Waals surface area contributed by atoms with Crippen LogP contribution in [0.1, 0.15) is 15.9 Å². The van der Waals surface area contributed by atoms with E-state index in [1.807, 2.05) is 6.07 Å². The largest absolute Gasteiger partial charge is 0.457 e. The van der Waals surface area contributed by atoms with Crippen LogP contribution in [0.2, 0.25) is 5.02 Å². The van der Waals surface area contributed by atoms with Crippen LogP contribution in [0.15, 0.2) is 59.5 Å². The lowest BCUT2D eigenvalue weighted by molar-refractivity contribution is 0.0470. The molecular formula is C18H14ClNO5S. The molecule has 0 heterocycles. The van der Waals surface area contributed by atoms with Crippen molar-refractivity contribution < 1.29 is 22.5 Å². The van der Waals surface area contributed by atoms with Gasteiger partial charge in [-0.15, -0.1) is 0 Å². The van der Waals surface area contributed by atoms with E-state index in [1.165, 1.54) is 18.2 Å². The molecule has 134 valence electrons. The molecule has 0 radical (unpaired) electrons. The topological polar surface area (TPSA) is 107 Å². The number of anilines is 1. The molecule has 0 saturated heterocycles. The van der Waals surface area contributed by atoms with Gasteiger partial charge in [0.2, 0.25) is 0 Å². The quantitative estimate of drug-likeness (QED) is 0.399. The van der Waals surface area contributed by atoms with E-state index >= 15 is 0 Å². The van der Waals surface area contributed by atoms with Crippen LogP contribution in [-0.2, 0) is 21.5 Å². The SMILES string of the molecule is Nc1ccc2c(C(=O)OCc3ccccc3)c(S(=O)(=O)O)ccc2c1Cl. The van der Waals surface area contributed by atoms with Crippen molar-refractivity contribution in [3.05, 3.63) is 70.7 Å². The lowest BCUT2D eigenvalue weighted by Crippen LogP contribution is -2.12. The summed E-state index contributed by atoms with van der Waals surface area (Å²) in [5, 5.41) is 0.782. The first kappa shape index (κ1) is 18.2. The van der Waals surface area contributed by atoms with Gasteiger partial charge in [-0.1, -0.05) is 54.1 Å². The second-order valence-electron chi connectivity index (χ2n) is 5.54. The van der Waals surface area contributed by atoms with E-state index in [0.717, 1.165) is 11.6 Å². The van der Waals surface area contributed by atoms with Crippen molar-refractivity contribution >= 4 is 44.1 Å². The Morgan fingerprint density at radius 3 is 2.35 bits per heavy atom. The standard InChI is InChI=1S/C18H14ClNO5S/c19-17-13-7-9-15(26(22,23)24)16(12(13)6-8-14(17)20)18(21)25-10-11-4-2-1-3-5-11/h1-9H,10,20H2,(H,22,23,24). The number of fused-ring (bicyclic) bond motifs is 1. The molecule has 0 unspecified atom stereocenters. The molecule has 0 atom stereocenters. The Morgan fingerprint density at radius 2 is 1.69 bits per heavy atom. The third-order valence-corrected chi connectivity index (χ3v) is 5.14. The summed E-state index contributed by atoms with van der Waals surface area (Å²) in [7, 11) is -4.65. The molecule has 3 rings (SSSR count). The number of carbonyl (C=O) groups excluding carboxylic acids is 1. The van der Waals surface area contributed by atoms with Crippen molar-refractivity contribution in [2.75, 3.05) is 5.73 Å². The van der Waals surface area contributed by atoms with Gasteiger partial charge in [-0.05, 0) is 23.1 Å². The van der Waals surface area contributed by atoms with Gasteiger partial charge in [-0.2, -0.15) is 8.42 Å². The first-order chi connectivity index (χ1) is 12.3. The number of benzene rings is 3. The van der Waals surface area contributed by atoms with Gasteiger partial charge in [-0.25, -0.2) is 4.79 Å². The van der Waals surface area contributed by atoms with Gasteiger partial charge >= 0.3 is 5.97 Å². The molecule has 0 aliphatic rings. The first-order valence-corrected chi connectivity index (χ1v) is 9.30. The summed E-state index contributed by atoms with van der Waals surface area (Å²) in [6.45, 7) is -0.0519. The van der Waals surface area contributed by atoms with Crippen LogP contribution in [-0.4, -0.2) is 18.9 Å². The molecule has 0 amide bonds. The lowest BCUT2D eigenvalue weighted by Gasteiger charge is -2.13. The average Bonchev–Trinajstić information content (AvgIpc) is 2.62. The summed E-state index contributed by atoms with van der Waals surface area (Å²) in [6, 6.07) is 14.3. The Kier molecular flexibility index (Phi) is 4.86. The molecule has 3 aromatic carbocycles. The van der Waals surface area contributed by atoms with Gasteiger partial charge in [0.15, 0.2) is 0 Å². The zero-order chi connectivity index (χ0) is 18.9. The number of hydrogen-bond acceptors (Lipinski definition) is 5. The van der Waals surface area contributed by atoms with Crippen LogP contribution in [0, 0.1) is 0 Å². The fourth-order valence-corrected chi connectivity index (χ4v) is 3.51. The second-order valence-corrected chi connectivity index (χ2v) is 7.31. The van der Waals surface area contributed by atoms with Crippen LogP contribution >= 0.6 is 11.6 Å². The fraction of sp³-hybridized carbons (Fsp3) is 0.0556. The smallest absolute Gasteiger partial charge is 0.340 e. The number of ether oxygens (including phenoxy) is 1. The summed E-state index contributed by atoms with van der Waals surface area (Å²) in [4.78, 5) is 12.1. The number of nitrogens with two attached hydrogens (primary N) is 1. The Morgan fingerprint density at radius 1 is 1.04 bits per heavy atom. The summed E-state index contributed by atoms with van der Waals surface area (Å²) in [5.41, 5.74) is 6.48. The molecule has 3 N–H and O–H groups in total. The third kappa shape index (κ3) is 3.50. The molecule has 0 aliphatic heterocycles. The molecule has 8 heteroatoms. The highest BCUT2D eigenvalue weighted by molar-refractivity contribution is 7.86. The van der Waals surface area contributed by atoms with Crippen molar-refractivity contribution in [1.29, 1.82) is 0 Å². The highest BCUT2D eigenvalue weighted by Crippen LogP contribution is 2.34. The van der Waals surface area contributed by atoms with Crippen LogP contribution in [0.3, 0.4) is 0 Å². The van der Waals surface area contributed by atoms with Crippen molar-refractivity contribution in [3.8, 4) is 0 Å². The number of halogens is 1. The second kappa shape index (κ2) is 6.95. The predicted octanol–water partition coefficient (Wildman–Crippen LogP) is 3.68. The van der Waals surface area contributed by atoms with Gasteiger partial charge in [0.25, 0.3) is 10.1 Å². The van der Waals surface area contributed by atoms with Gasteiger partial charge in [0, 0.05) is 5.39 Å². The molecule has 0 saturated carbocycles. The number of esters is 1. The Balaban J connectivity index is 2.12. The number of carbonyl (C=O) groups is 1. The van der Waals surface area contributed by atoms with Gasteiger partial charge in [0.05, 0.1) is 16.3 Å². The minimum absolute atomic E-state index is 0.0519. The van der Waals surface area contributed by atoms with Crippen LogP contribution < -0.4 is 5.73 Å². The zero-order valence-electron chi connectivity index (χ0n) is 13.3. The van der Waals surface area contributed by atoms with Crippen LogP contribution in [0.5, 0.6) is 0 Å². The molecule has 0 fully saturated rings. The van der Waals surface area contributed by atoms with E-state index < -0.39 is 21.0 Å². The first-order valence-electron chi connectivity index (χ1n) is 7.48. The predicted molar refractivity (Wildman–Crippen MR) is 98.7 cm³/mol.